The summed E-state index contributed by atoms with van der Waals surface area (Å²) in [6.45, 7) is 6.21. The fraction of sp³-hybridized carbons (Fsp3) is 0.800. The normalized spacial score (nSPS) is 22.2. The number of likely N-dealkylation sites (N-methyl/N-ethyl adjacent to an activating group) is 1. The number of nitrogens with zero attached hydrogens (tertiary/aromatic N) is 2. The Bertz CT molecular complexity index is 312. The Morgan fingerprint density at radius 1 is 1.44 bits per heavy atom. The molecule has 2 amide bonds. The van der Waals surface area contributed by atoms with Crippen LogP contribution >= 0.6 is 31.9 Å². The van der Waals surface area contributed by atoms with Crippen molar-refractivity contribution in [3.05, 3.63) is 0 Å². The third-order valence-electron chi connectivity index (χ3n) is 2.61. The van der Waals surface area contributed by atoms with E-state index in [9.17, 15) is 9.59 Å². The Morgan fingerprint density at radius 2 is 1.94 bits per heavy atom. The number of carbonyl (C=O) groups is 2. The van der Waals surface area contributed by atoms with Crippen LogP contribution in [-0.2, 0) is 9.59 Å². The summed E-state index contributed by atoms with van der Waals surface area (Å²) in [5.74, 6) is -0.133. The largest absolute Gasteiger partial charge is 0.323 e. The van der Waals surface area contributed by atoms with E-state index in [1.807, 2.05) is 20.8 Å². The number of hydrogen-bond acceptors (Lipinski definition) is 2. The third-order valence-corrected chi connectivity index (χ3v) is 3.39. The molecule has 1 saturated heterocycles. The van der Waals surface area contributed by atoms with Crippen LogP contribution in [0.5, 0.6) is 0 Å². The van der Waals surface area contributed by atoms with Crippen LogP contribution in [-0.4, -0.2) is 45.1 Å². The van der Waals surface area contributed by atoms with E-state index in [4.69, 9.17) is 0 Å². The van der Waals surface area contributed by atoms with Crippen molar-refractivity contribution in [2.45, 2.75) is 30.7 Å². The number of carbonyl (C=O) groups excluding carboxylic acids is 2. The first-order chi connectivity index (χ1) is 7.16. The van der Waals surface area contributed by atoms with Crippen LogP contribution in [0.3, 0.4) is 0 Å². The zero-order valence-electron chi connectivity index (χ0n) is 9.83. The third kappa shape index (κ3) is 2.59. The SMILES string of the molecule is CN1C(=O)CN(C(=O)C(Br)Br)C1C(C)(C)C. The molecular weight excluding hydrogens is 340 g/mol. The fourth-order valence-corrected chi connectivity index (χ4v) is 2.59. The Labute approximate surface area is 113 Å². The van der Waals surface area contributed by atoms with Gasteiger partial charge in [-0.2, -0.15) is 0 Å². The lowest BCUT2D eigenvalue weighted by atomic mass is 9.91. The second-order valence-corrected chi connectivity index (χ2v) is 8.07. The molecule has 0 aromatic rings. The Morgan fingerprint density at radius 3 is 2.31 bits per heavy atom. The second-order valence-electron chi connectivity index (χ2n) is 5.01. The molecule has 1 fully saturated rings. The van der Waals surface area contributed by atoms with Gasteiger partial charge in [-0.25, -0.2) is 0 Å². The molecule has 0 aromatic heterocycles. The van der Waals surface area contributed by atoms with E-state index in [1.54, 1.807) is 16.8 Å². The highest BCUT2D eigenvalue weighted by atomic mass is 79.9. The van der Waals surface area contributed by atoms with Gasteiger partial charge in [0, 0.05) is 12.5 Å². The van der Waals surface area contributed by atoms with Crippen LogP contribution in [0.2, 0.25) is 0 Å². The molecule has 0 aliphatic carbocycles. The molecule has 1 rings (SSSR count). The van der Waals surface area contributed by atoms with Crippen LogP contribution in [0.25, 0.3) is 0 Å². The Kier molecular flexibility index (Phi) is 4.05. The van der Waals surface area contributed by atoms with Gasteiger partial charge in [0.05, 0.1) is 0 Å². The van der Waals surface area contributed by atoms with Gasteiger partial charge in [-0.05, 0) is 0 Å². The highest BCUT2D eigenvalue weighted by Crippen LogP contribution is 2.32. The van der Waals surface area contributed by atoms with Gasteiger partial charge in [0.25, 0.3) is 0 Å². The maximum atomic E-state index is 11.9. The van der Waals surface area contributed by atoms with E-state index in [0.717, 1.165) is 0 Å². The van der Waals surface area contributed by atoms with Crippen LogP contribution in [0.15, 0.2) is 0 Å². The molecule has 1 unspecified atom stereocenters. The molecule has 0 saturated carbocycles. The predicted molar refractivity (Wildman–Crippen MR) is 69.4 cm³/mol. The minimum Gasteiger partial charge on any atom is -0.323 e. The van der Waals surface area contributed by atoms with E-state index in [2.05, 4.69) is 31.9 Å². The van der Waals surface area contributed by atoms with Crippen molar-refractivity contribution >= 4 is 43.7 Å². The van der Waals surface area contributed by atoms with Crippen molar-refractivity contribution in [3.63, 3.8) is 0 Å². The average molecular weight is 356 g/mol. The van der Waals surface area contributed by atoms with E-state index >= 15 is 0 Å². The van der Waals surface area contributed by atoms with Gasteiger partial charge in [0.1, 0.15) is 16.4 Å². The molecule has 0 spiro atoms. The maximum Gasteiger partial charge on any atom is 0.249 e. The number of halogens is 2. The summed E-state index contributed by atoms with van der Waals surface area (Å²) in [6.07, 6.45) is -0.190. The summed E-state index contributed by atoms with van der Waals surface area (Å²) in [5, 5.41) is 0. The van der Waals surface area contributed by atoms with Gasteiger partial charge in [-0.1, -0.05) is 52.6 Å². The Hall–Kier alpha value is -0.100. The highest BCUT2D eigenvalue weighted by Gasteiger charge is 2.45. The molecule has 0 bridgehead atoms. The van der Waals surface area contributed by atoms with Crippen LogP contribution in [0.1, 0.15) is 20.8 Å². The van der Waals surface area contributed by atoms with E-state index in [1.165, 1.54) is 0 Å². The standard InChI is InChI=1S/C10H16Br2N2O2/c1-10(2,3)9-13(4)6(15)5-14(9)8(16)7(11)12/h7,9H,5H2,1-4H3. The first kappa shape index (κ1) is 14.0. The van der Waals surface area contributed by atoms with E-state index in [-0.39, 0.29) is 29.9 Å². The lowest BCUT2D eigenvalue weighted by Crippen LogP contribution is -2.50. The first-order valence-electron chi connectivity index (χ1n) is 5.00. The maximum absolute atomic E-state index is 11.9. The number of amides is 2. The Balaban J connectivity index is 3.01. The second kappa shape index (κ2) is 4.64. The van der Waals surface area contributed by atoms with Gasteiger partial charge in [0.15, 0.2) is 0 Å². The van der Waals surface area contributed by atoms with Crippen LogP contribution < -0.4 is 0 Å². The molecule has 0 N–H and O–H groups in total. The lowest BCUT2D eigenvalue weighted by molar-refractivity contribution is -0.133. The van der Waals surface area contributed by atoms with Crippen molar-refractivity contribution in [2.75, 3.05) is 13.6 Å². The van der Waals surface area contributed by atoms with Crippen molar-refractivity contribution in [2.24, 2.45) is 5.41 Å². The first-order valence-corrected chi connectivity index (χ1v) is 6.83. The van der Waals surface area contributed by atoms with Crippen molar-refractivity contribution in [3.8, 4) is 0 Å². The minimum atomic E-state index is -0.441. The zero-order valence-corrected chi connectivity index (χ0v) is 13.0. The fourth-order valence-electron chi connectivity index (χ4n) is 2.06. The van der Waals surface area contributed by atoms with Gasteiger partial charge in [0.2, 0.25) is 11.8 Å². The van der Waals surface area contributed by atoms with Gasteiger partial charge < -0.3 is 9.80 Å². The number of rotatable bonds is 1. The molecule has 1 aliphatic rings. The molecule has 16 heavy (non-hydrogen) atoms. The van der Waals surface area contributed by atoms with Crippen LogP contribution in [0.4, 0.5) is 0 Å². The summed E-state index contributed by atoms with van der Waals surface area (Å²) in [4.78, 5) is 26.9. The molecule has 0 aromatic carbocycles. The van der Waals surface area contributed by atoms with Crippen molar-refractivity contribution in [1.82, 2.24) is 9.80 Å². The van der Waals surface area contributed by atoms with E-state index < -0.39 is 3.74 Å². The molecular formula is C10H16Br2N2O2. The molecule has 0 radical (unpaired) electrons. The van der Waals surface area contributed by atoms with E-state index in [0.29, 0.717) is 0 Å². The van der Waals surface area contributed by atoms with Gasteiger partial charge in [-0.15, -0.1) is 0 Å². The summed E-state index contributed by atoms with van der Waals surface area (Å²) in [7, 11) is 1.74. The van der Waals surface area contributed by atoms with Crippen LogP contribution in [0, 0.1) is 5.41 Å². The average Bonchev–Trinajstić information content (AvgIpc) is 2.40. The minimum absolute atomic E-state index is 0.0195. The van der Waals surface area contributed by atoms with Crippen molar-refractivity contribution in [1.29, 1.82) is 0 Å². The smallest absolute Gasteiger partial charge is 0.249 e. The molecule has 92 valence electrons. The molecule has 1 atom stereocenters. The van der Waals surface area contributed by atoms with Crippen molar-refractivity contribution < 1.29 is 9.59 Å². The molecule has 6 heteroatoms. The van der Waals surface area contributed by atoms with Gasteiger partial charge >= 0.3 is 0 Å². The van der Waals surface area contributed by atoms with Gasteiger partial charge in [-0.3, -0.25) is 9.59 Å². The molecule has 1 aliphatic heterocycles. The summed E-state index contributed by atoms with van der Waals surface area (Å²) < 4.78 is -0.441. The molecule has 4 nitrogen and oxygen atoms in total. The lowest BCUT2D eigenvalue weighted by Gasteiger charge is -2.38. The summed E-state index contributed by atoms with van der Waals surface area (Å²) in [5.41, 5.74) is -0.161. The number of alkyl halides is 2. The zero-order chi connectivity index (χ0) is 12.7. The number of hydrogen-bond donors (Lipinski definition) is 0. The quantitative estimate of drug-likeness (QED) is 0.672. The topological polar surface area (TPSA) is 40.6 Å². The predicted octanol–water partition coefficient (Wildman–Crippen LogP) is 1.78. The monoisotopic (exact) mass is 354 g/mol. The summed E-state index contributed by atoms with van der Waals surface area (Å²) in [6, 6.07) is 0. The highest BCUT2D eigenvalue weighted by molar-refractivity contribution is 9.25. The molecule has 1 heterocycles. The summed E-state index contributed by atoms with van der Waals surface area (Å²) >= 11 is 6.36.